The van der Waals surface area contributed by atoms with Crippen LogP contribution in [0.1, 0.15) is 11.4 Å². The van der Waals surface area contributed by atoms with Crippen LogP contribution in [0.5, 0.6) is 0 Å². The third-order valence-corrected chi connectivity index (χ3v) is 4.37. The topological polar surface area (TPSA) is 86.5 Å². The van der Waals surface area contributed by atoms with E-state index >= 15 is 0 Å². The summed E-state index contributed by atoms with van der Waals surface area (Å²) in [5, 5.41) is 4.32. The largest absolute Gasteiger partial charge is 0.346 e. The summed E-state index contributed by atoms with van der Waals surface area (Å²) in [5.74, 6) is 1.47. The van der Waals surface area contributed by atoms with Crippen LogP contribution in [0.4, 0.5) is 11.5 Å². The molecule has 0 bridgehead atoms. The smallest absolute Gasteiger partial charge is 0.305 e. The van der Waals surface area contributed by atoms with E-state index in [-0.39, 0.29) is 4.87 Å². The van der Waals surface area contributed by atoms with Gasteiger partial charge in [-0.25, -0.2) is 9.97 Å². The zero-order chi connectivity index (χ0) is 15.3. The summed E-state index contributed by atoms with van der Waals surface area (Å²) < 4.78 is 0.919. The molecule has 4 rings (SSSR count). The first-order valence-corrected chi connectivity index (χ1v) is 7.64. The monoisotopic (exact) mass is 311 g/mol. The van der Waals surface area contributed by atoms with Crippen LogP contribution in [-0.4, -0.2) is 19.9 Å². The second kappa shape index (κ2) is 4.67. The number of aromatic nitrogens is 4. The minimum Gasteiger partial charge on any atom is -0.346 e. The van der Waals surface area contributed by atoms with Gasteiger partial charge in [-0.05, 0) is 37.6 Å². The maximum Gasteiger partial charge on any atom is 0.305 e. The second-order valence-electron chi connectivity index (χ2n) is 5.17. The molecule has 3 N–H and O–H groups in total. The Bertz CT molecular complexity index is 1060. The van der Waals surface area contributed by atoms with Gasteiger partial charge < -0.3 is 15.3 Å². The van der Waals surface area contributed by atoms with Crippen molar-refractivity contribution in [3.8, 4) is 0 Å². The molecular formula is C15H13N5OS. The third kappa shape index (κ3) is 2.06. The summed E-state index contributed by atoms with van der Waals surface area (Å²) in [6.45, 7) is 3.88. The zero-order valence-corrected chi connectivity index (χ0v) is 12.8. The van der Waals surface area contributed by atoms with E-state index in [1.165, 1.54) is 11.3 Å². The van der Waals surface area contributed by atoms with Crippen molar-refractivity contribution in [2.45, 2.75) is 13.8 Å². The van der Waals surface area contributed by atoms with Gasteiger partial charge in [0.2, 0.25) is 0 Å². The van der Waals surface area contributed by atoms with Crippen molar-refractivity contribution < 1.29 is 0 Å². The van der Waals surface area contributed by atoms with Crippen LogP contribution in [0.25, 0.3) is 21.3 Å². The van der Waals surface area contributed by atoms with Gasteiger partial charge in [-0.3, -0.25) is 4.79 Å². The molecule has 6 nitrogen and oxygen atoms in total. The molecule has 0 radical (unpaired) electrons. The second-order valence-corrected chi connectivity index (χ2v) is 6.18. The first-order valence-electron chi connectivity index (χ1n) is 6.82. The lowest BCUT2D eigenvalue weighted by Crippen LogP contribution is -1.98. The molecule has 22 heavy (non-hydrogen) atoms. The molecule has 110 valence electrons. The Balaban J connectivity index is 1.84. The number of H-pyrrole nitrogens is 2. The van der Waals surface area contributed by atoms with Crippen LogP contribution >= 0.6 is 11.3 Å². The molecule has 7 heteroatoms. The van der Waals surface area contributed by atoms with Gasteiger partial charge in [0, 0.05) is 11.9 Å². The highest BCUT2D eigenvalue weighted by atomic mass is 32.1. The number of aryl methyl sites for hydroxylation is 2. The van der Waals surface area contributed by atoms with Crippen LogP contribution in [0.15, 0.2) is 29.2 Å². The van der Waals surface area contributed by atoms with Crippen LogP contribution in [0.3, 0.4) is 0 Å². The lowest BCUT2D eigenvalue weighted by Gasteiger charge is -2.08. The number of rotatable bonds is 2. The highest BCUT2D eigenvalue weighted by Gasteiger charge is 2.11. The van der Waals surface area contributed by atoms with E-state index in [0.717, 1.165) is 38.3 Å². The maximum atomic E-state index is 11.4. The van der Waals surface area contributed by atoms with E-state index in [0.29, 0.717) is 5.82 Å². The maximum absolute atomic E-state index is 11.4. The van der Waals surface area contributed by atoms with Crippen molar-refractivity contribution in [3.05, 3.63) is 45.5 Å². The summed E-state index contributed by atoms with van der Waals surface area (Å²) in [6, 6.07) is 5.77. The minimum atomic E-state index is -0.0473. The van der Waals surface area contributed by atoms with Gasteiger partial charge in [-0.15, -0.1) is 0 Å². The van der Waals surface area contributed by atoms with E-state index < -0.39 is 0 Å². The molecule has 0 aliphatic rings. The minimum absolute atomic E-state index is 0.0473. The molecule has 0 aliphatic carbocycles. The lowest BCUT2D eigenvalue weighted by atomic mass is 10.2. The van der Waals surface area contributed by atoms with E-state index in [2.05, 4.69) is 25.3 Å². The van der Waals surface area contributed by atoms with Crippen molar-refractivity contribution >= 4 is 44.1 Å². The van der Waals surface area contributed by atoms with Crippen molar-refractivity contribution in [1.29, 1.82) is 0 Å². The lowest BCUT2D eigenvalue weighted by molar-refractivity contribution is 1.08. The van der Waals surface area contributed by atoms with Gasteiger partial charge in [0.05, 0.1) is 15.6 Å². The van der Waals surface area contributed by atoms with Gasteiger partial charge in [0.25, 0.3) is 0 Å². The van der Waals surface area contributed by atoms with Crippen molar-refractivity contribution in [2.75, 3.05) is 5.32 Å². The van der Waals surface area contributed by atoms with E-state index in [4.69, 9.17) is 0 Å². The highest BCUT2D eigenvalue weighted by molar-refractivity contribution is 7.16. The van der Waals surface area contributed by atoms with Crippen LogP contribution in [-0.2, 0) is 0 Å². The molecule has 0 unspecified atom stereocenters. The molecule has 0 spiro atoms. The Kier molecular flexibility index (Phi) is 2.77. The molecular weight excluding hydrogens is 298 g/mol. The molecule has 0 aliphatic heterocycles. The molecule has 3 heterocycles. The molecule has 0 fully saturated rings. The number of thiazole rings is 1. The molecule has 0 saturated heterocycles. The van der Waals surface area contributed by atoms with Crippen LogP contribution in [0.2, 0.25) is 0 Å². The summed E-state index contributed by atoms with van der Waals surface area (Å²) in [6.07, 6.45) is 1.92. The number of nitrogens with one attached hydrogen (secondary N) is 3. The third-order valence-electron chi connectivity index (χ3n) is 3.52. The molecule has 3 aromatic heterocycles. The van der Waals surface area contributed by atoms with Gasteiger partial charge >= 0.3 is 4.87 Å². The van der Waals surface area contributed by atoms with Gasteiger partial charge in [0.15, 0.2) is 0 Å². The molecule has 4 aromatic rings. The van der Waals surface area contributed by atoms with Crippen molar-refractivity contribution in [3.63, 3.8) is 0 Å². The molecule has 0 atom stereocenters. The fraction of sp³-hybridized carbons (Fsp3) is 0.133. The summed E-state index contributed by atoms with van der Waals surface area (Å²) in [4.78, 5) is 26.2. The zero-order valence-electron chi connectivity index (χ0n) is 12.0. The number of fused-ring (bicyclic) bond motifs is 2. The quantitative estimate of drug-likeness (QED) is 0.530. The van der Waals surface area contributed by atoms with E-state index in [9.17, 15) is 4.79 Å². The average Bonchev–Trinajstić information content (AvgIpc) is 3.00. The number of hydrogen-bond donors (Lipinski definition) is 3. The number of hydrogen-bond acceptors (Lipinski definition) is 5. The Morgan fingerprint density at radius 2 is 2.09 bits per heavy atom. The standard InChI is InChI=1S/C15H13N5OS/c1-7-6-16-13-12(7)14(18-8(2)17-13)19-9-3-4-10-11(5-9)22-15(21)20-10/h3-6H,1-2H3,(H,20,21)(H2,16,17,18,19). The van der Waals surface area contributed by atoms with Crippen LogP contribution in [0, 0.1) is 13.8 Å². The van der Waals surface area contributed by atoms with Gasteiger partial charge in [0.1, 0.15) is 17.3 Å². The van der Waals surface area contributed by atoms with E-state index in [1.54, 1.807) is 0 Å². The number of benzene rings is 1. The van der Waals surface area contributed by atoms with E-state index in [1.807, 2.05) is 38.2 Å². The highest BCUT2D eigenvalue weighted by Crippen LogP contribution is 2.28. The SMILES string of the molecule is Cc1nc(Nc2ccc3[nH]c(=O)sc3c2)c2c(C)c[nH]c2n1. The van der Waals surface area contributed by atoms with Gasteiger partial charge in [-0.2, -0.15) is 0 Å². The van der Waals surface area contributed by atoms with Crippen molar-refractivity contribution in [1.82, 2.24) is 19.9 Å². The number of anilines is 2. The summed E-state index contributed by atoms with van der Waals surface area (Å²) >= 11 is 1.20. The summed E-state index contributed by atoms with van der Waals surface area (Å²) in [5.41, 5.74) is 3.65. The normalized spacial score (nSPS) is 11.4. The predicted octanol–water partition coefficient (Wildman–Crippen LogP) is 3.22. The molecule has 0 saturated carbocycles. The number of nitrogens with zero attached hydrogens (tertiary/aromatic N) is 2. The van der Waals surface area contributed by atoms with Crippen molar-refractivity contribution in [2.24, 2.45) is 0 Å². The molecule has 1 aromatic carbocycles. The Labute approximate surface area is 129 Å². The Morgan fingerprint density at radius 3 is 2.95 bits per heavy atom. The Morgan fingerprint density at radius 1 is 1.23 bits per heavy atom. The number of aromatic amines is 2. The van der Waals surface area contributed by atoms with Crippen LogP contribution < -0.4 is 10.2 Å². The first-order chi connectivity index (χ1) is 10.6. The molecule has 0 amide bonds. The fourth-order valence-electron chi connectivity index (χ4n) is 2.55. The predicted molar refractivity (Wildman–Crippen MR) is 89.1 cm³/mol. The Hall–Kier alpha value is -2.67. The first kappa shape index (κ1) is 13.0. The average molecular weight is 311 g/mol. The fourth-order valence-corrected chi connectivity index (χ4v) is 3.33. The summed E-state index contributed by atoms with van der Waals surface area (Å²) in [7, 11) is 0. The van der Waals surface area contributed by atoms with Gasteiger partial charge in [-0.1, -0.05) is 11.3 Å².